The molecule has 6 heteroatoms. The second-order valence-corrected chi connectivity index (χ2v) is 4.65. The molecule has 0 radical (unpaired) electrons. The number of carboxylic acid groups (broad SMARTS) is 1. The van der Waals surface area contributed by atoms with Crippen LogP contribution in [0, 0.1) is 0 Å². The zero-order valence-corrected chi connectivity index (χ0v) is 10.0. The summed E-state index contributed by atoms with van der Waals surface area (Å²) < 4.78 is 37.0. The van der Waals surface area contributed by atoms with E-state index in [-0.39, 0.29) is 6.42 Å². The SMILES string of the molecule is CC(C)(CC(=O)O)Nc1ccc(C(F)(F)F)cc1. The number of aliphatic carboxylic acids is 1. The largest absolute Gasteiger partial charge is 0.481 e. The van der Waals surface area contributed by atoms with Gasteiger partial charge in [-0.2, -0.15) is 13.2 Å². The summed E-state index contributed by atoms with van der Waals surface area (Å²) >= 11 is 0. The van der Waals surface area contributed by atoms with Crippen molar-refractivity contribution in [3.05, 3.63) is 29.8 Å². The first-order valence-corrected chi connectivity index (χ1v) is 5.27. The molecule has 0 aromatic heterocycles. The van der Waals surface area contributed by atoms with Crippen molar-refractivity contribution in [3.8, 4) is 0 Å². The number of alkyl halides is 3. The van der Waals surface area contributed by atoms with E-state index in [0.29, 0.717) is 5.69 Å². The summed E-state index contributed by atoms with van der Waals surface area (Å²) in [6.07, 6.45) is -4.50. The van der Waals surface area contributed by atoms with Crippen molar-refractivity contribution < 1.29 is 23.1 Å². The lowest BCUT2D eigenvalue weighted by Gasteiger charge is -2.25. The first-order chi connectivity index (χ1) is 8.10. The molecule has 1 aromatic carbocycles. The molecular weight excluding hydrogens is 247 g/mol. The highest BCUT2D eigenvalue weighted by molar-refractivity contribution is 5.69. The van der Waals surface area contributed by atoms with Gasteiger partial charge in [-0.15, -0.1) is 0 Å². The van der Waals surface area contributed by atoms with Crippen molar-refractivity contribution in [2.45, 2.75) is 32.0 Å². The van der Waals surface area contributed by atoms with Gasteiger partial charge in [0, 0.05) is 11.2 Å². The first-order valence-electron chi connectivity index (χ1n) is 5.27. The van der Waals surface area contributed by atoms with Gasteiger partial charge in [-0.1, -0.05) is 0 Å². The van der Waals surface area contributed by atoms with Crippen LogP contribution in [0.15, 0.2) is 24.3 Å². The summed E-state index contributed by atoms with van der Waals surface area (Å²) in [5.74, 6) is -0.973. The van der Waals surface area contributed by atoms with Gasteiger partial charge in [0.05, 0.1) is 12.0 Å². The minimum absolute atomic E-state index is 0.131. The lowest BCUT2D eigenvalue weighted by Crippen LogP contribution is -2.33. The summed E-state index contributed by atoms with van der Waals surface area (Å²) in [7, 11) is 0. The molecule has 2 N–H and O–H groups in total. The number of carbonyl (C=O) groups is 1. The van der Waals surface area contributed by atoms with Gasteiger partial charge in [0.15, 0.2) is 0 Å². The Labute approximate surface area is 103 Å². The molecule has 0 aliphatic carbocycles. The van der Waals surface area contributed by atoms with Gasteiger partial charge in [0.2, 0.25) is 0 Å². The maximum atomic E-state index is 12.3. The highest BCUT2D eigenvalue weighted by Crippen LogP contribution is 2.30. The Balaban J connectivity index is 2.78. The van der Waals surface area contributed by atoms with Crippen LogP contribution >= 0.6 is 0 Å². The second kappa shape index (κ2) is 4.88. The predicted molar refractivity (Wildman–Crippen MR) is 61.4 cm³/mol. The fourth-order valence-electron chi connectivity index (χ4n) is 1.56. The van der Waals surface area contributed by atoms with Gasteiger partial charge in [-0.25, -0.2) is 0 Å². The molecule has 0 heterocycles. The van der Waals surface area contributed by atoms with E-state index in [0.717, 1.165) is 12.1 Å². The van der Waals surface area contributed by atoms with Crippen LogP contribution in [0.5, 0.6) is 0 Å². The molecule has 0 aliphatic heterocycles. The maximum absolute atomic E-state index is 12.3. The molecule has 3 nitrogen and oxygen atoms in total. The van der Waals surface area contributed by atoms with Crippen LogP contribution in [-0.2, 0) is 11.0 Å². The molecule has 0 saturated carbocycles. The van der Waals surface area contributed by atoms with E-state index >= 15 is 0 Å². The van der Waals surface area contributed by atoms with Crippen molar-refractivity contribution in [2.75, 3.05) is 5.32 Å². The van der Waals surface area contributed by atoms with E-state index in [4.69, 9.17) is 5.11 Å². The molecule has 0 bridgehead atoms. The molecule has 0 unspecified atom stereocenters. The standard InChI is InChI=1S/C12H14F3NO2/c1-11(2,7-10(17)18)16-9-5-3-8(4-6-9)12(13,14)15/h3-6,16H,7H2,1-2H3,(H,17,18). The minimum Gasteiger partial charge on any atom is -0.481 e. The van der Waals surface area contributed by atoms with Gasteiger partial charge in [0.25, 0.3) is 0 Å². The molecule has 18 heavy (non-hydrogen) atoms. The van der Waals surface area contributed by atoms with Gasteiger partial charge < -0.3 is 10.4 Å². The van der Waals surface area contributed by atoms with E-state index in [1.54, 1.807) is 13.8 Å². The van der Waals surface area contributed by atoms with Crippen LogP contribution < -0.4 is 5.32 Å². The van der Waals surface area contributed by atoms with Crippen molar-refractivity contribution in [1.82, 2.24) is 0 Å². The topological polar surface area (TPSA) is 49.3 Å². The van der Waals surface area contributed by atoms with Crippen LogP contribution in [0.25, 0.3) is 0 Å². The molecule has 0 aliphatic rings. The van der Waals surface area contributed by atoms with Gasteiger partial charge in [0.1, 0.15) is 0 Å². The van der Waals surface area contributed by atoms with Crippen LogP contribution in [0.4, 0.5) is 18.9 Å². The minimum atomic E-state index is -4.37. The Morgan fingerprint density at radius 1 is 1.22 bits per heavy atom. The van der Waals surface area contributed by atoms with E-state index in [1.807, 2.05) is 0 Å². The average molecular weight is 261 g/mol. The average Bonchev–Trinajstić information content (AvgIpc) is 2.13. The molecule has 0 fully saturated rings. The zero-order chi connectivity index (χ0) is 14.0. The van der Waals surface area contributed by atoms with E-state index in [1.165, 1.54) is 12.1 Å². The summed E-state index contributed by atoms with van der Waals surface area (Å²) in [5.41, 5.74) is -1.01. The molecular formula is C12H14F3NO2. The maximum Gasteiger partial charge on any atom is 0.416 e. The van der Waals surface area contributed by atoms with Crippen molar-refractivity contribution >= 4 is 11.7 Å². The summed E-state index contributed by atoms with van der Waals surface area (Å²) in [6, 6.07) is 4.48. The highest BCUT2D eigenvalue weighted by Gasteiger charge is 2.30. The number of halogens is 3. The Morgan fingerprint density at radius 3 is 2.11 bits per heavy atom. The summed E-state index contributed by atoms with van der Waals surface area (Å²) in [4.78, 5) is 10.6. The lowest BCUT2D eigenvalue weighted by atomic mass is 10.00. The monoisotopic (exact) mass is 261 g/mol. The number of benzene rings is 1. The van der Waals surface area contributed by atoms with Gasteiger partial charge >= 0.3 is 12.1 Å². The lowest BCUT2D eigenvalue weighted by molar-refractivity contribution is -0.138. The van der Waals surface area contributed by atoms with Crippen molar-refractivity contribution in [1.29, 1.82) is 0 Å². The smallest absolute Gasteiger partial charge is 0.416 e. The predicted octanol–water partition coefficient (Wildman–Crippen LogP) is 3.37. The van der Waals surface area contributed by atoms with Crippen LogP contribution in [0.3, 0.4) is 0 Å². The van der Waals surface area contributed by atoms with Crippen molar-refractivity contribution in [3.63, 3.8) is 0 Å². The second-order valence-electron chi connectivity index (χ2n) is 4.65. The van der Waals surface area contributed by atoms with Crippen LogP contribution in [0.1, 0.15) is 25.8 Å². The molecule has 0 amide bonds. The van der Waals surface area contributed by atoms with E-state index in [9.17, 15) is 18.0 Å². The van der Waals surface area contributed by atoms with Crippen LogP contribution in [-0.4, -0.2) is 16.6 Å². The number of anilines is 1. The van der Waals surface area contributed by atoms with Crippen LogP contribution in [0.2, 0.25) is 0 Å². The number of hydrogen-bond donors (Lipinski definition) is 2. The van der Waals surface area contributed by atoms with Gasteiger partial charge in [-0.3, -0.25) is 4.79 Å². The Kier molecular flexibility index (Phi) is 3.88. The fraction of sp³-hybridized carbons (Fsp3) is 0.417. The molecule has 1 aromatic rings. The third kappa shape index (κ3) is 4.27. The molecule has 0 spiro atoms. The number of hydrogen-bond acceptors (Lipinski definition) is 2. The van der Waals surface area contributed by atoms with E-state index in [2.05, 4.69) is 5.32 Å². The molecule has 0 saturated heterocycles. The zero-order valence-electron chi connectivity index (χ0n) is 10.0. The Morgan fingerprint density at radius 2 is 1.72 bits per heavy atom. The van der Waals surface area contributed by atoms with Crippen molar-refractivity contribution in [2.24, 2.45) is 0 Å². The molecule has 100 valence electrons. The Bertz CT molecular complexity index is 424. The summed E-state index contributed by atoms with van der Waals surface area (Å²) in [6.45, 7) is 3.33. The number of rotatable bonds is 4. The highest BCUT2D eigenvalue weighted by atomic mass is 19.4. The summed E-state index contributed by atoms with van der Waals surface area (Å²) in [5, 5.41) is 11.6. The number of carboxylic acids is 1. The third-order valence-electron chi connectivity index (χ3n) is 2.29. The van der Waals surface area contributed by atoms with E-state index < -0.39 is 23.2 Å². The Hall–Kier alpha value is -1.72. The normalized spacial score (nSPS) is 12.3. The molecule has 1 rings (SSSR count). The molecule has 0 atom stereocenters. The first kappa shape index (κ1) is 14.3. The number of nitrogens with one attached hydrogen (secondary N) is 1. The third-order valence-corrected chi connectivity index (χ3v) is 2.29. The van der Waals surface area contributed by atoms with Gasteiger partial charge in [-0.05, 0) is 38.1 Å². The quantitative estimate of drug-likeness (QED) is 0.873. The fourth-order valence-corrected chi connectivity index (χ4v) is 1.56.